The van der Waals surface area contributed by atoms with Gasteiger partial charge in [-0.1, -0.05) is 65.7 Å². The highest BCUT2D eigenvalue weighted by Gasteiger charge is 2.48. The molecule has 194 valence electrons. The van der Waals surface area contributed by atoms with Crippen LogP contribution >= 0.6 is 23.2 Å². The Labute approximate surface area is 217 Å². The zero-order chi connectivity index (χ0) is 26.7. The first-order valence-corrected chi connectivity index (χ1v) is 12.1. The van der Waals surface area contributed by atoms with Crippen molar-refractivity contribution in [3.63, 3.8) is 0 Å². The molecule has 3 rings (SSSR count). The number of halogens is 5. The van der Waals surface area contributed by atoms with Gasteiger partial charge in [0.25, 0.3) is 11.3 Å². The number of benzene rings is 2. The summed E-state index contributed by atoms with van der Waals surface area (Å²) in [4.78, 5) is 12.9. The highest BCUT2D eigenvalue weighted by Crippen LogP contribution is 2.48. The minimum Gasteiger partial charge on any atom is -0.395 e. The number of allylic oxidation sites excluding steroid dienone is 2. The van der Waals surface area contributed by atoms with E-state index in [9.17, 15) is 31.8 Å². The van der Waals surface area contributed by atoms with Gasteiger partial charge < -0.3 is 10.4 Å². The molecule has 2 aromatic carbocycles. The summed E-state index contributed by atoms with van der Waals surface area (Å²) in [5, 5.41) is 9.69. The fraction of sp³-hybridized carbons (Fsp3) is 0.261. The summed E-state index contributed by atoms with van der Waals surface area (Å²) in [6.45, 7) is -0.621. The van der Waals surface area contributed by atoms with Crippen molar-refractivity contribution in [1.82, 2.24) is 5.32 Å². The summed E-state index contributed by atoms with van der Waals surface area (Å²) < 4.78 is 65.6. The minimum atomic E-state index is -5.10. The van der Waals surface area contributed by atoms with Crippen LogP contribution in [-0.4, -0.2) is 44.9 Å². The van der Waals surface area contributed by atoms with Crippen molar-refractivity contribution in [3.8, 4) is 0 Å². The van der Waals surface area contributed by atoms with Gasteiger partial charge in [0, 0.05) is 24.7 Å². The molecule has 2 aromatic rings. The monoisotopic (exact) mass is 564 g/mol. The average Bonchev–Trinajstić information content (AvgIpc) is 2.78. The summed E-state index contributed by atoms with van der Waals surface area (Å²) in [6, 6.07) is 13.9. The zero-order valence-corrected chi connectivity index (χ0v) is 21.0. The maximum Gasteiger partial charge on any atom is 0.524 e. The molecule has 0 bridgehead atoms. The zero-order valence-electron chi connectivity index (χ0n) is 18.6. The van der Waals surface area contributed by atoms with Gasteiger partial charge in [0.2, 0.25) is 5.91 Å². The maximum absolute atomic E-state index is 13.3. The van der Waals surface area contributed by atoms with Gasteiger partial charge in [-0.3, -0.25) is 18.4 Å². The lowest BCUT2D eigenvalue weighted by Crippen LogP contribution is -2.40. The Morgan fingerprint density at radius 1 is 1.22 bits per heavy atom. The smallest absolute Gasteiger partial charge is 0.395 e. The van der Waals surface area contributed by atoms with Crippen LogP contribution in [0.3, 0.4) is 0 Å². The fourth-order valence-corrected chi connectivity index (χ4v) is 4.87. The molecule has 0 saturated carbocycles. The number of amides is 1. The number of carbonyl (C=O) groups is 1. The van der Waals surface area contributed by atoms with E-state index in [-0.39, 0.29) is 16.3 Å². The Hall–Kier alpha value is -2.41. The molecular formula is C23H21Cl2F3N2O5S. The number of nitrogens with one attached hydrogen (secondary N) is 1. The van der Waals surface area contributed by atoms with Crippen molar-refractivity contribution in [1.29, 1.82) is 0 Å². The minimum absolute atomic E-state index is 0.0468. The number of ether oxygens (including phenoxy) is 1. The number of alkyl halides is 4. The number of aliphatic hydroxyl groups is 1. The van der Waals surface area contributed by atoms with Crippen molar-refractivity contribution >= 4 is 51.6 Å². The molecule has 1 aliphatic carbocycles. The summed E-state index contributed by atoms with van der Waals surface area (Å²) in [5.41, 5.74) is 0.900. The van der Waals surface area contributed by atoms with E-state index in [1.54, 1.807) is 18.2 Å². The topological polar surface area (TPSA) is 99.1 Å². The predicted molar refractivity (Wildman–Crippen MR) is 131 cm³/mol. The second kappa shape index (κ2) is 11.3. The lowest BCUT2D eigenvalue weighted by molar-refractivity contribution is -0.342. The van der Waals surface area contributed by atoms with Crippen molar-refractivity contribution in [2.45, 2.75) is 23.8 Å². The molecule has 1 aliphatic rings. The van der Waals surface area contributed by atoms with Crippen molar-refractivity contribution in [2.24, 2.45) is 0 Å². The average molecular weight is 565 g/mol. The van der Waals surface area contributed by atoms with E-state index >= 15 is 0 Å². The molecule has 0 aliphatic heterocycles. The summed E-state index contributed by atoms with van der Waals surface area (Å²) in [6.07, 6.45) is -4.40. The van der Waals surface area contributed by atoms with Gasteiger partial charge in [0.15, 0.2) is 5.06 Å². The molecule has 3 N–H and O–H groups in total. The van der Waals surface area contributed by atoms with Crippen LogP contribution in [0.5, 0.6) is 0 Å². The molecule has 36 heavy (non-hydrogen) atoms. The Morgan fingerprint density at radius 3 is 2.36 bits per heavy atom. The van der Waals surface area contributed by atoms with Crippen LogP contribution in [0.15, 0.2) is 71.4 Å². The van der Waals surface area contributed by atoms with E-state index in [0.717, 1.165) is 4.31 Å². The molecular weight excluding hydrogens is 544 g/mol. The van der Waals surface area contributed by atoms with E-state index in [1.165, 1.54) is 49.5 Å². The van der Waals surface area contributed by atoms with Gasteiger partial charge in [-0.05, 0) is 29.3 Å². The molecule has 0 saturated heterocycles. The first-order valence-electron chi connectivity index (χ1n) is 10.3. The van der Waals surface area contributed by atoms with E-state index < -0.39 is 47.5 Å². The molecule has 0 heterocycles. The first-order chi connectivity index (χ1) is 16.8. The van der Waals surface area contributed by atoms with Crippen LogP contribution in [0.4, 0.5) is 18.9 Å². The first kappa shape index (κ1) is 28.2. The van der Waals surface area contributed by atoms with Gasteiger partial charge in [0.1, 0.15) is 0 Å². The second-order valence-corrected chi connectivity index (χ2v) is 9.78. The van der Waals surface area contributed by atoms with E-state index in [2.05, 4.69) is 10.1 Å². The number of nitrogens with zero attached hydrogens (tertiary/aromatic N) is 1. The standard InChI is InChI=1S/C23H21Cl2F3N2O5S/c1-30(36(33)34)17-9-7-14(8-10-17)18(13-31)21(32)29-16-11-19(24)20(15-5-3-2-4-6-15)22(25,12-16)35-23(26,27)28/h2-11,18,31H,12-13H2,1H3,(H,29,32)(H,33,34). The number of carbonyl (C=O) groups excluding carboxylic acids is 1. The van der Waals surface area contributed by atoms with E-state index in [4.69, 9.17) is 23.2 Å². The van der Waals surface area contributed by atoms with Crippen LogP contribution in [0.1, 0.15) is 23.5 Å². The molecule has 1 amide bonds. The van der Waals surface area contributed by atoms with Gasteiger partial charge in [-0.15, -0.1) is 13.2 Å². The Morgan fingerprint density at radius 2 is 1.83 bits per heavy atom. The molecule has 0 radical (unpaired) electrons. The van der Waals surface area contributed by atoms with E-state index in [1.807, 2.05) is 0 Å². The predicted octanol–water partition coefficient (Wildman–Crippen LogP) is 4.86. The number of hydrogen-bond donors (Lipinski definition) is 3. The Kier molecular flexibility index (Phi) is 8.86. The van der Waals surface area contributed by atoms with Gasteiger partial charge >= 0.3 is 6.36 Å². The third-order valence-corrected chi connectivity index (χ3v) is 6.72. The van der Waals surface area contributed by atoms with E-state index in [0.29, 0.717) is 16.8 Å². The van der Waals surface area contributed by atoms with Gasteiger partial charge in [-0.25, -0.2) is 4.21 Å². The quantitative estimate of drug-likeness (QED) is 0.314. The normalized spacial score (nSPS) is 19.9. The Balaban J connectivity index is 1.89. The molecule has 3 unspecified atom stereocenters. The van der Waals surface area contributed by atoms with Crippen LogP contribution in [0.2, 0.25) is 0 Å². The lowest BCUT2D eigenvalue weighted by Gasteiger charge is -2.35. The second-order valence-electron chi connectivity index (χ2n) is 7.76. The third kappa shape index (κ3) is 6.67. The molecule has 0 fully saturated rings. The van der Waals surface area contributed by atoms with Crippen molar-refractivity contribution < 1.29 is 36.6 Å². The molecule has 13 heteroatoms. The molecule has 3 atom stereocenters. The number of anilines is 1. The van der Waals surface area contributed by atoms with Gasteiger partial charge in [-0.2, -0.15) is 0 Å². The van der Waals surface area contributed by atoms with Crippen molar-refractivity contribution in [3.05, 3.63) is 82.5 Å². The van der Waals surface area contributed by atoms with Gasteiger partial charge in [0.05, 0.1) is 23.2 Å². The SMILES string of the molecule is CN(c1ccc(C(CO)C(=O)NC2=CC(Cl)=C(c3ccccc3)C(Cl)(OC(F)(F)F)C2)cc1)S(=O)O. The number of hydrogen-bond acceptors (Lipinski definition) is 4. The van der Waals surface area contributed by atoms with Crippen LogP contribution in [0, 0.1) is 0 Å². The lowest BCUT2D eigenvalue weighted by atomic mass is 9.91. The largest absolute Gasteiger partial charge is 0.524 e. The summed E-state index contributed by atoms with van der Waals surface area (Å²) >= 11 is 10.4. The summed E-state index contributed by atoms with van der Waals surface area (Å²) in [5.74, 6) is -1.83. The highest BCUT2D eigenvalue weighted by atomic mass is 35.5. The van der Waals surface area contributed by atoms with Crippen LogP contribution in [-0.2, 0) is 20.8 Å². The maximum atomic E-state index is 13.3. The van der Waals surface area contributed by atoms with Crippen LogP contribution < -0.4 is 9.62 Å². The Bertz CT molecular complexity index is 1190. The molecule has 7 nitrogen and oxygen atoms in total. The van der Waals surface area contributed by atoms with Crippen LogP contribution in [0.25, 0.3) is 5.57 Å². The molecule has 0 spiro atoms. The summed E-state index contributed by atoms with van der Waals surface area (Å²) in [7, 11) is 1.39. The molecule has 0 aromatic heterocycles. The third-order valence-electron chi connectivity index (χ3n) is 5.35. The number of aliphatic hydroxyl groups excluding tert-OH is 1. The number of rotatable bonds is 8. The fourth-order valence-electron chi connectivity index (χ4n) is 3.69. The van der Waals surface area contributed by atoms with Crippen molar-refractivity contribution in [2.75, 3.05) is 18.0 Å². The highest BCUT2D eigenvalue weighted by molar-refractivity contribution is 7.80.